The quantitative estimate of drug-likeness (QED) is 0.720. The van der Waals surface area contributed by atoms with Crippen molar-refractivity contribution in [2.75, 3.05) is 25.6 Å². The van der Waals surface area contributed by atoms with Crippen molar-refractivity contribution < 1.29 is 9.47 Å². The molecule has 1 aromatic heterocycles. The second-order valence-corrected chi connectivity index (χ2v) is 4.55. The van der Waals surface area contributed by atoms with E-state index in [-0.39, 0.29) is 0 Å². The van der Waals surface area contributed by atoms with E-state index >= 15 is 0 Å². The van der Waals surface area contributed by atoms with Gasteiger partial charge in [0.15, 0.2) is 0 Å². The van der Waals surface area contributed by atoms with Crippen molar-refractivity contribution >= 4 is 5.69 Å². The molecule has 2 rings (SSSR count). The lowest BCUT2D eigenvalue weighted by molar-refractivity contribution is 0.183. The first-order valence-corrected chi connectivity index (χ1v) is 6.90. The number of nitrogens with zero attached hydrogens (tertiary/aromatic N) is 2. The van der Waals surface area contributed by atoms with Crippen LogP contribution < -0.4 is 10.1 Å². The third kappa shape index (κ3) is 4.65. The Bertz CT molecular complexity index is 566. The Balaban J connectivity index is 1.93. The molecule has 0 saturated carbocycles. The molecule has 0 aliphatic rings. The SMILES string of the molecule is C=CCOc1ccccc1CNc1cnn(CCOC)c1. The summed E-state index contributed by atoms with van der Waals surface area (Å²) in [6.45, 7) is 6.25. The van der Waals surface area contributed by atoms with Gasteiger partial charge >= 0.3 is 0 Å². The maximum atomic E-state index is 5.64. The fraction of sp³-hybridized carbons (Fsp3) is 0.312. The van der Waals surface area contributed by atoms with Gasteiger partial charge in [0.2, 0.25) is 0 Å². The van der Waals surface area contributed by atoms with Crippen molar-refractivity contribution in [2.24, 2.45) is 0 Å². The largest absolute Gasteiger partial charge is 0.489 e. The normalized spacial score (nSPS) is 10.3. The molecule has 1 aromatic carbocycles. The van der Waals surface area contributed by atoms with Gasteiger partial charge in [0.05, 0.1) is 25.0 Å². The number of para-hydroxylation sites is 1. The van der Waals surface area contributed by atoms with E-state index in [1.54, 1.807) is 13.2 Å². The van der Waals surface area contributed by atoms with Crippen LogP contribution in [0.2, 0.25) is 0 Å². The number of ether oxygens (including phenoxy) is 2. The number of methoxy groups -OCH3 is 1. The van der Waals surface area contributed by atoms with Gasteiger partial charge < -0.3 is 14.8 Å². The van der Waals surface area contributed by atoms with Crippen molar-refractivity contribution in [3.8, 4) is 5.75 Å². The highest BCUT2D eigenvalue weighted by Crippen LogP contribution is 2.19. The molecule has 0 unspecified atom stereocenters. The van der Waals surface area contributed by atoms with Crippen molar-refractivity contribution in [3.05, 3.63) is 54.9 Å². The number of hydrogen-bond donors (Lipinski definition) is 1. The van der Waals surface area contributed by atoms with Gasteiger partial charge in [-0.2, -0.15) is 5.10 Å². The van der Waals surface area contributed by atoms with Crippen molar-refractivity contribution in [2.45, 2.75) is 13.1 Å². The number of nitrogens with one attached hydrogen (secondary N) is 1. The molecule has 0 saturated heterocycles. The summed E-state index contributed by atoms with van der Waals surface area (Å²) in [5, 5.41) is 7.61. The number of aromatic nitrogens is 2. The summed E-state index contributed by atoms with van der Waals surface area (Å²) in [5.41, 5.74) is 2.08. The lowest BCUT2D eigenvalue weighted by Crippen LogP contribution is -2.04. The minimum Gasteiger partial charge on any atom is -0.489 e. The molecule has 0 atom stereocenters. The Kier molecular flexibility index (Phi) is 5.84. The van der Waals surface area contributed by atoms with Crippen LogP contribution in [0.4, 0.5) is 5.69 Å². The number of hydrogen-bond acceptors (Lipinski definition) is 4. The van der Waals surface area contributed by atoms with E-state index in [0.29, 0.717) is 19.8 Å². The van der Waals surface area contributed by atoms with Crippen LogP contribution in [-0.4, -0.2) is 30.1 Å². The Hall–Kier alpha value is -2.27. The zero-order chi connectivity index (χ0) is 14.9. The van der Waals surface area contributed by atoms with Gasteiger partial charge in [-0.1, -0.05) is 30.9 Å². The number of anilines is 1. The first kappa shape index (κ1) is 15.1. The summed E-state index contributed by atoms with van der Waals surface area (Å²) in [4.78, 5) is 0. The van der Waals surface area contributed by atoms with E-state index in [1.807, 2.05) is 41.3 Å². The lowest BCUT2D eigenvalue weighted by atomic mass is 10.2. The second kappa shape index (κ2) is 8.11. The highest BCUT2D eigenvalue weighted by Gasteiger charge is 2.03. The van der Waals surface area contributed by atoms with Crippen LogP contribution in [0.15, 0.2) is 49.3 Å². The van der Waals surface area contributed by atoms with Gasteiger partial charge in [-0.05, 0) is 6.07 Å². The summed E-state index contributed by atoms with van der Waals surface area (Å²) in [6, 6.07) is 7.97. The Morgan fingerprint density at radius 1 is 1.38 bits per heavy atom. The molecule has 0 spiro atoms. The number of rotatable bonds is 9. The first-order valence-electron chi connectivity index (χ1n) is 6.90. The summed E-state index contributed by atoms with van der Waals surface area (Å²) in [6.07, 6.45) is 5.51. The van der Waals surface area contributed by atoms with E-state index in [0.717, 1.165) is 23.5 Å². The number of benzene rings is 1. The Morgan fingerprint density at radius 3 is 3.05 bits per heavy atom. The average Bonchev–Trinajstić information content (AvgIpc) is 2.97. The van der Waals surface area contributed by atoms with Gasteiger partial charge in [0.1, 0.15) is 12.4 Å². The van der Waals surface area contributed by atoms with Crippen LogP contribution in [-0.2, 0) is 17.8 Å². The topological polar surface area (TPSA) is 48.3 Å². The summed E-state index contributed by atoms with van der Waals surface area (Å²) < 4.78 is 12.5. The third-order valence-corrected chi connectivity index (χ3v) is 2.97. The molecule has 0 amide bonds. The Morgan fingerprint density at radius 2 is 2.24 bits per heavy atom. The molecule has 1 heterocycles. The monoisotopic (exact) mass is 287 g/mol. The molecule has 1 N–H and O–H groups in total. The highest BCUT2D eigenvalue weighted by atomic mass is 16.5. The molecule has 0 aliphatic carbocycles. The zero-order valence-corrected chi connectivity index (χ0v) is 12.3. The fourth-order valence-electron chi connectivity index (χ4n) is 1.90. The van der Waals surface area contributed by atoms with Gasteiger partial charge in [-0.25, -0.2) is 0 Å². The van der Waals surface area contributed by atoms with Crippen molar-refractivity contribution in [1.29, 1.82) is 0 Å². The van der Waals surface area contributed by atoms with Crippen LogP contribution in [0.1, 0.15) is 5.56 Å². The molecule has 21 heavy (non-hydrogen) atoms. The second-order valence-electron chi connectivity index (χ2n) is 4.55. The maximum absolute atomic E-state index is 5.64. The van der Waals surface area contributed by atoms with Crippen LogP contribution in [0.5, 0.6) is 5.75 Å². The average molecular weight is 287 g/mol. The smallest absolute Gasteiger partial charge is 0.124 e. The van der Waals surface area contributed by atoms with Crippen LogP contribution in [0.3, 0.4) is 0 Å². The van der Waals surface area contributed by atoms with Crippen LogP contribution in [0, 0.1) is 0 Å². The standard InChI is InChI=1S/C16H21N3O2/c1-3-9-21-16-7-5-4-6-14(16)11-17-15-12-18-19(13-15)8-10-20-2/h3-7,12-13,17H,1,8-11H2,2H3. The van der Waals surface area contributed by atoms with E-state index in [1.165, 1.54) is 0 Å². The van der Waals surface area contributed by atoms with E-state index in [4.69, 9.17) is 9.47 Å². The molecule has 0 bridgehead atoms. The predicted octanol–water partition coefficient (Wildman–Crippen LogP) is 2.71. The van der Waals surface area contributed by atoms with Crippen molar-refractivity contribution in [1.82, 2.24) is 9.78 Å². The van der Waals surface area contributed by atoms with Crippen LogP contribution >= 0.6 is 0 Å². The summed E-state index contributed by atoms with van der Waals surface area (Å²) >= 11 is 0. The molecule has 0 fully saturated rings. The molecule has 0 radical (unpaired) electrons. The minimum absolute atomic E-state index is 0.506. The zero-order valence-electron chi connectivity index (χ0n) is 12.3. The summed E-state index contributed by atoms with van der Waals surface area (Å²) in [7, 11) is 1.68. The van der Waals surface area contributed by atoms with Gasteiger partial charge in [-0.3, -0.25) is 4.68 Å². The Labute approximate surface area is 125 Å². The highest BCUT2D eigenvalue weighted by molar-refractivity contribution is 5.42. The molecule has 0 aliphatic heterocycles. The van der Waals surface area contributed by atoms with Crippen molar-refractivity contribution in [3.63, 3.8) is 0 Å². The molecule has 5 heteroatoms. The molecule has 2 aromatic rings. The third-order valence-electron chi connectivity index (χ3n) is 2.97. The van der Waals surface area contributed by atoms with Gasteiger partial charge in [0.25, 0.3) is 0 Å². The van der Waals surface area contributed by atoms with Gasteiger partial charge in [-0.15, -0.1) is 0 Å². The van der Waals surface area contributed by atoms with E-state index in [2.05, 4.69) is 17.0 Å². The van der Waals surface area contributed by atoms with E-state index < -0.39 is 0 Å². The summed E-state index contributed by atoms with van der Waals surface area (Å²) in [5.74, 6) is 0.872. The molecule has 112 valence electrons. The molecular formula is C16H21N3O2. The molecular weight excluding hydrogens is 266 g/mol. The minimum atomic E-state index is 0.506. The van der Waals surface area contributed by atoms with Gasteiger partial charge in [0, 0.05) is 25.4 Å². The van der Waals surface area contributed by atoms with E-state index in [9.17, 15) is 0 Å². The maximum Gasteiger partial charge on any atom is 0.124 e. The van der Waals surface area contributed by atoms with Crippen LogP contribution in [0.25, 0.3) is 0 Å². The predicted molar refractivity (Wildman–Crippen MR) is 83.6 cm³/mol. The lowest BCUT2D eigenvalue weighted by Gasteiger charge is -2.10. The fourth-order valence-corrected chi connectivity index (χ4v) is 1.90. The molecule has 5 nitrogen and oxygen atoms in total. The first-order chi connectivity index (χ1) is 10.3.